The maximum Gasteiger partial charge on any atom is 0.262 e. The molecule has 0 bridgehead atoms. The number of hydrogen-bond acceptors (Lipinski definition) is 5. The molecular formula is C14H16N4O3. The van der Waals surface area contributed by atoms with E-state index >= 15 is 0 Å². The Morgan fingerprint density at radius 1 is 1.48 bits per heavy atom. The van der Waals surface area contributed by atoms with Crippen molar-refractivity contribution >= 4 is 29.1 Å². The highest BCUT2D eigenvalue weighted by Gasteiger charge is 2.35. The zero-order chi connectivity index (χ0) is 15.0. The van der Waals surface area contributed by atoms with Gasteiger partial charge in [0.05, 0.1) is 17.8 Å². The second-order valence-electron chi connectivity index (χ2n) is 4.91. The molecule has 2 aliphatic rings. The van der Waals surface area contributed by atoms with E-state index in [9.17, 15) is 9.59 Å². The molecule has 7 nitrogen and oxygen atoms in total. The lowest BCUT2D eigenvalue weighted by Gasteiger charge is -2.33. The molecule has 0 spiro atoms. The van der Waals surface area contributed by atoms with Gasteiger partial charge in [0, 0.05) is 26.4 Å². The Labute approximate surface area is 122 Å². The highest BCUT2D eigenvalue weighted by Crippen LogP contribution is 2.31. The van der Waals surface area contributed by atoms with Gasteiger partial charge in [0.25, 0.3) is 5.91 Å². The lowest BCUT2D eigenvalue weighted by Crippen LogP contribution is -2.48. The summed E-state index contributed by atoms with van der Waals surface area (Å²) >= 11 is 0. The van der Waals surface area contributed by atoms with Gasteiger partial charge in [-0.25, -0.2) is 0 Å². The van der Waals surface area contributed by atoms with Gasteiger partial charge < -0.3 is 15.0 Å². The van der Waals surface area contributed by atoms with Gasteiger partial charge in [-0.1, -0.05) is 0 Å². The van der Waals surface area contributed by atoms with Crippen LogP contribution in [0.25, 0.3) is 0 Å². The van der Waals surface area contributed by atoms with Crippen LogP contribution in [0.2, 0.25) is 0 Å². The summed E-state index contributed by atoms with van der Waals surface area (Å²) in [5, 5.41) is 2.70. The Hall–Kier alpha value is -2.41. The number of rotatable bonds is 3. The average molecular weight is 288 g/mol. The lowest BCUT2D eigenvalue weighted by atomic mass is 10.1. The summed E-state index contributed by atoms with van der Waals surface area (Å²) < 4.78 is 4.77. The Morgan fingerprint density at radius 2 is 2.29 bits per heavy atom. The Morgan fingerprint density at radius 3 is 3.05 bits per heavy atom. The average Bonchev–Trinajstić information content (AvgIpc) is 2.94. The van der Waals surface area contributed by atoms with Crippen LogP contribution in [-0.2, 0) is 9.53 Å². The highest BCUT2D eigenvalue weighted by molar-refractivity contribution is 6.19. The molecule has 0 aromatic heterocycles. The van der Waals surface area contributed by atoms with Crippen LogP contribution in [0, 0.1) is 0 Å². The monoisotopic (exact) mass is 288 g/mol. The molecule has 1 aromatic rings. The van der Waals surface area contributed by atoms with E-state index in [0.29, 0.717) is 23.8 Å². The number of aliphatic imine (C=N–C) groups is 1. The van der Waals surface area contributed by atoms with Gasteiger partial charge in [-0.3, -0.25) is 19.5 Å². The summed E-state index contributed by atoms with van der Waals surface area (Å²) in [6.45, 7) is 1.42. The third-order valence-corrected chi connectivity index (χ3v) is 3.50. The molecule has 0 fully saturated rings. The summed E-state index contributed by atoms with van der Waals surface area (Å²) in [6.07, 6.45) is 0. The fourth-order valence-electron chi connectivity index (χ4n) is 2.57. The van der Waals surface area contributed by atoms with E-state index < -0.39 is 0 Å². The Bertz CT molecular complexity index is 641. The summed E-state index contributed by atoms with van der Waals surface area (Å²) in [4.78, 5) is 31.8. The SMILES string of the molecule is COCC(=O)Nc1ccc2c(c1)C(=O)N(C)C1=NCCN12. The predicted molar refractivity (Wildman–Crippen MR) is 78.7 cm³/mol. The minimum Gasteiger partial charge on any atom is -0.375 e. The van der Waals surface area contributed by atoms with E-state index in [1.807, 2.05) is 11.0 Å². The van der Waals surface area contributed by atoms with Crippen molar-refractivity contribution in [3.05, 3.63) is 23.8 Å². The molecule has 3 rings (SSSR count). The molecule has 2 aliphatic heterocycles. The molecule has 110 valence electrons. The summed E-state index contributed by atoms with van der Waals surface area (Å²) in [5.74, 6) is 0.311. The number of benzene rings is 1. The minimum atomic E-state index is -0.252. The van der Waals surface area contributed by atoms with Gasteiger partial charge in [-0.05, 0) is 18.2 Å². The molecule has 0 saturated carbocycles. The molecule has 0 aliphatic carbocycles. The molecule has 0 unspecified atom stereocenters. The van der Waals surface area contributed by atoms with Crippen molar-refractivity contribution in [2.75, 3.05) is 44.1 Å². The first kappa shape index (κ1) is 13.6. The molecule has 2 heterocycles. The van der Waals surface area contributed by atoms with Crippen LogP contribution in [0.1, 0.15) is 10.4 Å². The van der Waals surface area contributed by atoms with Crippen LogP contribution in [0.3, 0.4) is 0 Å². The highest BCUT2D eigenvalue weighted by atomic mass is 16.5. The van der Waals surface area contributed by atoms with Crippen molar-refractivity contribution in [3.8, 4) is 0 Å². The molecule has 0 saturated heterocycles. The zero-order valence-electron chi connectivity index (χ0n) is 11.9. The second-order valence-corrected chi connectivity index (χ2v) is 4.91. The van der Waals surface area contributed by atoms with E-state index in [-0.39, 0.29) is 18.4 Å². The molecule has 1 aromatic carbocycles. The topological polar surface area (TPSA) is 74.2 Å². The van der Waals surface area contributed by atoms with Crippen LogP contribution in [-0.4, -0.2) is 56.5 Å². The Kier molecular flexibility index (Phi) is 3.34. The standard InChI is InChI=1S/C14H16N4O3/c1-17-13(20)10-7-9(16-12(19)8-21-2)3-4-11(10)18-6-5-15-14(17)18/h3-4,7H,5-6,8H2,1-2H3,(H,16,19). The van der Waals surface area contributed by atoms with E-state index in [1.165, 1.54) is 12.0 Å². The fourth-order valence-corrected chi connectivity index (χ4v) is 2.57. The molecule has 7 heteroatoms. The number of guanidine groups is 1. The fraction of sp³-hybridized carbons (Fsp3) is 0.357. The minimum absolute atomic E-state index is 0.0200. The maximum absolute atomic E-state index is 12.4. The third-order valence-electron chi connectivity index (χ3n) is 3.50. The number of hydrogen-bond donors (Lipinski definition) is 1. The number of nitrogens with one attached hydrogen (secondary N) is 1. The van der Waals surface area contributed by atoms with Gasteiger partial charge in [-0.15, -0.1) is 0 Å². The van der Waals surface area contributed by atoms with E-state index in [4.69, 9.17) is 4.74 Å². The zero-order valence-corrected chi connectivity index (χ0v) is 11.9. The third kappa shape index (κ3) is 2.25. The number of ether oxygens (including phenoxy) is 1. The largest absolute Gasteiger partial charge is 0.375 e. The van der Waals surface area contributed by atoms with Crippen molar-refractivity contribution in [1.29, 1.82) is 0 Å². The molecule has 2 amide bonds. The van der Waals surface area contributed by atoms with Crippen LogP contribution in [0.15, 0.2) is 23.2 Å². The normalized spacial score (nSPS) is 16.5. The van der Waals surface area contributed by atoms with Crippen molar-refractivity contribution < 1.29 is 14.3 Å². The van der Waals surface area contributed by atoms with E-state index in [2.05, 4.69) is 10.3 Å². The summed E-state index contributed by atoms with van der Waals surface area (Å²) in [6, 6.07) is 5.31. The number of fused-ring (bicyclic) bond motifs is 3. The number of amides is 2. The van der Waals surface area contributed by atoms with Crippen molar-refractivity contribution in [2.45, 2.75) is 0 Å². The van der Waals surface area contributed by atoms with Gasteiger partial charge in [0.2, 0.25) is 11.9 Å². The number of carbonyl (C=O) groups excluding carboxylic acids is 2. The molecule has 0 radical (unpaired) electrons. The second kappa shape index (κ2) is 5.17. The van der Waals surface area contributed by atoms with Crippen LogP contribution < -0.4 is 10.2 Å². The van der Waals surface area contributed by atoms with Crippen LogP contribution in [0.4, 0.5) is 11.4 Å². The Balaban J connectivity index is 1.94. The summed E-state index contributed by atoms with van der Waals surface area (Å²) in [7, 11) is 3.16. The maximum atomic E-state index is 12.4. The van der Waals surface area contributed by atoms with Gasteiger partial charge >= 0.3 is 0 Å². The van der Waals surface area contributed by atoms with E-state index in [1.54, 1.807) is 19.2 Å². The smallest absolute Gasteiger partial charge is 0.262 e. The molecule has 1 N–H and O–H groups in total. The van der Waals surface area contributed by atoms with Gasteiger partial charge in [0.1, 0.15) is 6.61 Å². The number of methoxy groups -OCH3 is 1. The lowest BCUT2D eigenvalue weighted by molar-refractivity contribution is -0.119. The first-order valence-corrected chi connectivity index (χ1v) is 6.64. The number of anilines is 2. The van der Waals surface area contributed by atoms with Gasteiger partial charge in [-0.2, -0.15) is 0 Å². The first-order valence-electron chi connectivity index (χ1n) is 6.64. The van der Waals surface area contributed by atoms with Crippen molar-refractivity contribution in [1.82, 2.24) is 4.90 Å². The van der Waals surface area contributed by atoms with Crippen molar-refractivity contribution in [2.24, 2.45) is 4.99 Å². The molecule has 0 atom stereocenters. The number of carbonyl (C=O) groups is 2. The molecular weight excluding hydrogens is 272 g/mol. The number of nitrogens with zero attached hydrogens (tertiary/aromatic N) is 3. The van der Waals surface area contributed by atoms with Crippen molar-refractivity contribution in [3.63, 3.8) is 0 Å². The van der Waals surface area contributed by atoms with Crippen LogP contribution >= 0.6 is 0 Å². The molecule has 21 heavy (non-hydrogen) atoms. The first-order chi connectivity index (χ1) is 10.1. The van der Waals surface area contributed by atoms with Gasteiger partial charge in [0.15, 0.2) is 0 Å². The predicted octanol–water partition coefficient (Wildman–Crippen LogP) is 0.533. The quantitative estimate of drug-likeness (QED) is 0.880. The van der Waals surface area contributed by atoms with E-state index in [0.717, 1.165) is 12.2 Å². The summed E-state index contributed by atoms with van der Waals surface area (Å²) in [5.41, 5.74) is 1.98. The van der Waals surface area contributed by atoms with Crippen LogP contribution in [0.5, 0.6) is 0 Å².